The normalized spacial score (nSPS) is 15.6. The number of carbonyl (C=O) groups excluding carboxylic acids is 1. The third kappa shape index (κ3) is 2.92. The molecule has 1 aliphatic carbocycles. The highest BCUT2D eigenvalue weighted by Gasteiger charge is 2.32. The molecule has 108 valence electrons. The first-order valence-corrected chi connectivity index (χ1v) is 6.04. The van der Waals surface area contributed by atoms with E-state index < -0.39 is 23.3 Å². The molecule has 7 heteroatoms. The van der Waals surface area contributed by atoms with Gasteiger partial charge in [-0.3, -0.25) is 4.79 Å². The summed E-state index contributed by atoms with van der Waals surface area (Å²) in [6.07, 6.45) is -2.26. The Kier molecular flexibility index (Phi) is 3.69. The number of hydrogen-bond donors (Lipinski definition) is 2. The number of nitrogens with one attached hydrogen (secondary N) is 1. The maximum absolute atomic E-state index is 12.5. The molecule has 0 spiro atoms. The summed E-state index contributed by atoms with van der Waals surface area (Å²) < 4.78 is 37.6. The van der Waals surface area contributed by atoms with E-state index in [0.717, 1.165) is 31.4 Å². The van der Waals surface area contributed by atoms with Crippen LogP contribution in [0.3, 0.4) is 0 Å². The van der Waals surface area contributed by atoms with Gasteiger partial charge in [0.05, 0.1) is 16.8 Å². The molecule has 4 nitrogen and oxygen atoms in total. The van der Waals surface area contributed by atoms with Crippen molar-refractivity contribution in [2.75, 3.05) is 5.32 Å². The average Bonchev–Trinajstić information content (AvgIpc) is 2.24. The number of anilines is 1. The van der Waals surface area contributed by atoms with Crippen molar-refractivity contribution in [3.8, 4) is 0 Å². The topological polar surface area (TPSA) is 66.4 Å². The second-order valence-corrected chi connectivity index (χ2v) is 4.68. The molecule has 1 aromatic carbocycles. The fourth-order valence-electron chi connectivity index (χ4n) is 1.91. The smallest absolute Gasteiger partial charge is 0.416 e. The van der Waals surface area contributed by atoms with Crippen LogP contribution in [0.2, 0.25) is 0 Å². The molecule has 2 rings (SSSR count). The highest BCUT2D eigenvalue weighted by Crippen LogP contribution is 2.33. The van der Waals surface area contributed by atoms with E-state index in [1.165, 1.54) is 0 Å². The highest BCUT2D eigenvalue weighted by atomic mass is 19.4. The van der Waals surface area contributed by atoms with Crippen molar-refractivity contribution < 1.29 is 27.9 Å². The summed E-state index contributed by atoms with van der Waals surface area (Å²) in [6.45, 7) is 0. The average molecular weight is 287 g/mol. The van der Waals surface area contributed by atoms with Crippen molar-refractivity contribution in [3.63, 3.8) is 0 Å². The van der Waals surface area contributed by atoms with Crippen LogP contribution >= 0.6 is 0 Å². The van der Waals surface area contributed by atoms with Crippen molar-refractivity contribution >= 4 is 17.6 Å². The van der Waals surface area contributed by atoms with Gasteiger partial charge in [-0.05, 0) is 31.0 Å². The Morgan fingerprint density at radius 2 is 1.90 bits per heavy atom. The maximum Gasteiger partial charge on any atom is 0.416 e. The number of hydrogen-bond acceptors (Lipinski definition) is 2. The van der Waals surface area contributed by atoms with Gasteiger partial charge >= 0.3 is 12.1 Å². The van der Waals surface area contributed by atoms with Crippen LogP contribution in [0.25, 0.3) is 0 Å². The fraction of sp³-hybridized carbons (Fsp3) is 0.385. The predicted octanol–water partition coefficient (Wildman–Crippen LogP) is 3.14. The number of halogens is 3. The molecule has 1 fully saturated rings. The largest absolute Gasteiger partial charge is 0.478 e. The summed E-state index contributed by atoms with van der Waals surface area (Å²) in [5.74, 6) is -2.04. The number of benzene rings is 1. The number of amides is 1. The summed E-state index contributed by atoms with van der Waals surface area (Å²) in [5, 5.41) is 11.3. The number of alkyl halides is 3. The van der Waals surface area contributed by atoms with E-state index in [9.17, 15) is 22.8 Å². The van der Waals surface area contributed by atoms with Gasteiger partial charge in [0.1, 0.15) is 0 Å². The Hall–Kier alpha value is -2.05. The van der Waals surface area contributed by atoms with Gasteiger partial charge in [-0.1, -0.05) is 6.42 Å². The van der Waals surface area contributed by atoms with E-state index >= 15 is 0 Å². The standard InChI is InChI=1S/C13H12F3NO3/c14-13(15,16)8-4-5-10(9(6-8)12(19)20)17-11(18)7-2-1-3-7/h4-7H,1-3H2,(H,17,18)(H,19,20). The lowest BCUT2D eigenvalue weighted by Gasteiger charge is -2.24. The first kappa shape index (κ1) is 14.4. The number of aromatic carboxylic acids is 1. The number of carbonyl (C=O) groups is 2. The van der Waals surface area contributed by atoms with Gasteiger partial charge in [0.2, 0.25) is 5.91 Å². The Morgan fingerprint density at radius 3 is 2.35 bits per heavy atom. The maximum atomic E-state index is 12.5. The van der Waals surface area contributed by atoms with Gasteiger partial charge in [0.15, 0.2) is 0 Å². The lowest BCUT2D eigenvalue weighted by molar-refractivity contribution is -0.137. The molecule has 1 saturated carbocycles. The molecule has 2 N–H and O–H groups in total. The Balaban J connectivity index is 2.28. The van der Waals surface area contributed by atoms with E-state index in [-0.39, 0.29) is 17.5 Å². The van der Waals surface area contributed by atoms with Crippen molar-refractivity contribution in [2.24, 2.45) is 5.92 Å². The predicted molar refractivity (Wildman–Crippen MR) is 64.4 cm³/mol. The van der Waals surface area contributed by atoms with Gasteiger partial charge in [-0.15, -0.1) is 0 Å². The number of carboxylic acid groups (broad SMARTS) is 1. The van der Waals surface area contributed by atoms with Crippen molar-refractivity contribution in [3.05, 3.63) is 29.3 Å². The molecule has 0 unspecified atom stereocenters. The van der Waals surface area contributed by atoms with Crippen molar-refractivity contribution in [1.82, 2.24) is 0 Å². The molecule has 0 aliphatic heterocycles. The van der Waals surface area contributed by atoms with Gasteiger partial charge in [0, 0.05) is 5.92 Å². The molecular weight excluding hydrogens is 275 g/mol. The molecule has 0 atom stereocenters. The van der Waals surface area contributed by atoms with E-state index in [2.05, 4.69) is 5.32 Å². The Bertz CT molecular complexity index is 550. The van der Waals surface area contributed by atoms with Crippen LogP contribution in [0, 0.1) is 5.92 Å². The van der Waals surface area contributed by atoms with Crippen molar-refractivity contribution in [2.45, 2.75) is 25.4 Å². The van der Waals surface area contributed by atoms with Gasteiger partial charge in [-0.25, -0.2) is 4.79 Å². The summed E-state index contributed by atoms with van der Waals surface area (Å²) in [6, 6.07) is 2.25. The Morgan fingerprint density at radius 1 is 1.25 bits per heavy atom. The lowest BCUT2D eigenvalue weighted by atomic mass is 9.84. The molecule has 0 bridgehead atoms. The number of carboxylic acids is 1. The minimum Gasteiger partial charge on any atom is -0.478 e. The molecular formula is C13H12F3NO3. The van der Waals surface area contributed by atoms with E-state index in [4.69, 9.17) is 5.11 Å². The third-order valence-corrected chi connectivity index (χ3v) is 3.31. The fourth-order valence-corrected chi connectivity index (χ4v) is 1.91. The van der Waals surface area contributed by atoms with Gasteiger partial charge < -0.3 is 10.4 Å². The van der Waals surface area contributed by atoms with Crippen LogP contribution in [0.4, 0.5) is 18.9 Å². The van der Waals surface area contributed by atoms with Crippen LogP contribution in [0.1, 0.15) is 35.2 Å². The Labute approximate surface area is 112 Å². The molecule has 1 aliphatic rings. The van der Waals surface area contributed by atoms with E-state index in [1.54, 1.807) is 0 Å². The highest BCUT2D eigenvalue weighted by molar-refractivity contribution is 6.01. The summed E-state index contributed by atoms with van der Waals surface area (Å²) in [4.78, 5) is 22.7. The van der Waals surface area contributed by atoms with Crippen LogP contribution in [0.5, 0.6) is 0 Å². The van der Waals surface area contributed by atoms with Gasteiger partial charge in [-0.2, -0.15) is 13.2 Å². The van der Waals surface area contributed by atoms with Crippen LogP contribution in [-0.4, -0.2) is 17.0 Å². The van der Waals surface area contributed by atoms with E-state index in [1.807, 2.05) is 0 Å². The van der Waals surface area contributed by atoms with E-state index in [0.29, 0.717) is 6.07 Å². The second-order valence-electron chi connectivity index (χ2n) is 4.68. The van der Waals surface area contributed by atoms with Crippen LogP contribution < -0.4 is 5.32 Å². The minimum absolute atomic E-state index is 0.109. The minimum atomic E-state index is -4.62. The molecule has 1 amide bonds. The molecule has 0 saturated heterocycles. The molecule has 0 heterocycles. The third-order valence-electron chi connectivity index (χ3n) is 3.31. The van der Waals surface area contributed by atoms with Crippen LogP contribution in [-0.2, 0) is 11.0 Å². The molecule has 0 aromatic heterocycles. The first-order valence-electron chi connectivity index (χ1n) is 6.04. The molecule has 1 aromatic rings. The number of rotatable bonds is 3. The first-order chi connectivity index (χ1) is 9.29. The molecule has 20 heavy (non-hydrogen) atoms. The SMILES string of the molecule is O=C(O)c1cc(C(F)(F)F)ccc1NC(=O)C1CCC1. The van der Waals surface area contributed by atoms with Gasteiger partial charge in [0.25, 0.3) is 0 Å². The zero-order chi connectivity index (χ0) is 14.9. The quantitative estimate of drug-likeness (QED) is 0.897. The summed E-state index contributed by atoms with van der Waals surface area (Å²) >= 11 is 0. The molecule has 0 radical (unpaired) electrons. The monoisotopic (exact) mass is 287 g/mol. The van der Waals surface area contributed by atoms with Crippen molar-refractivity contribution in [1.29, 1.82) is 0 Å². The van der Waals surface area contributed by atoms with Crippen LogP contribution in [0.15, 0.2) is 18.2 Å². The lowest BCUT2D eigenvalue weighted by Crippen LogP contribution is -2.28. The second kappa shape index (κ2) is 5.15. The zero-order valence-corrected chi connectivity index (χ0v) is 10.3. The zero-order valence-electron chi connectivity index (χ0n) is 10.3. The summed E-state index contributed by atoms with van der Waals surface area (Å²) in [5.41, 5.74) is -1.73. The summed E-state index contributed by atoms with van der Waals surface area (Å²) in [7, 11) is 0.